The molecule has 0 radical (unpaired) electrons. The van der Waals surface area contributed by atoms with Gasteiger partial charge in [0.05, 0.1) is 18.8 Å². The van der Waals surface area contributed by atoms with E-state index in [0.717, 1.165) is 0 Å². The van der Waals surface area contributed by atoms with Crippen LogP contribution in [0.25, 0.3) is 0 Å². The number of hydrogen-bond acceptors (Lipinski definition) is 5. The number of aliphatic hydroxyl groups is 3. The number of aliphatic hydroxyl groups excluding tert-OH is 3. The lowest BCUT2D eigenvalue weighted by Crippen LogP contribution is -2.49. The summed E-state index contributed by atoms with van der Waals surface area (Å²) in [6.07, 6.45) is -2.98. The minimum Gasteiger partial charge on any atom is -0.394 e. The lowest BCUT2D eigenvalue weighted by atomic mass is 10.0. The molecule has 0 amide bonds. The largest absolute Gasteiger partial charge is 0.394 e. The number of hydrogen-bond donors (Lipinski definition) is 3. The van der Waals surface area contributed by atoms with Gasteiger partial charge in [-0.1, -0.05) is 0 Å². The summed E-state index contributed by atoms with van der Waals surface area (Å²) in [7, 11) is 1.38. The lowest BCUT2D eigenvalue weighted by molar-refractivity contribution is -0.262. The van der Waals surface area contributed by atoms with Crippen molar-refractivity contribution in [1.29, 1.82) is 0 Å². The molecule has 0 aromatic carbocycles. The Bertz CT molecular complexity index is 140. The average Bonchev–Trinajstić information content (AvgIpc) is 2.09. The summed E-state index contributed by atoms with van der Waals surface area (Å²) in [6.45, 7) is -0.177. The van der Waals surface area contributed by atoms with E-state index >= 15 is 0 Å². The SMILES string of the molecule is CO[C@@H]1O[C@H](CO)C[C@H](O)[C@H]1O. The normalized spacial score (nSPS) is 43.0. The van der Waals surface area contributed by atoms with Gasteiger partial charge in [-0.3, -0.25) is 0 Å². The fourth-order valence-corrected chi connectivity index (χ4v) is 1.23. The molecule has 1 rings (SSSR count). The standard InChI is InChI=1S/C7H14O5/c1-11-7-6(10)5(9)2-4(3-8)12-7/h4-10H,2-3H2,1H3/t4-,5-,6+,7+/m0/s1. The van der Waals surface area contributed by atoms with Crippen LogP contribution in [0.4, 0.5) is 0 Å². The van der Waals surface area contributed by atoms with Crippen molar-refractivity contribution in [3.8, 4) is 0 Å². The Hall–Kier alpha value is -0.200. The second-order valence-electron chi connectivity index (χ2n) is 2.84. The Morgan fingerprint density at radius 1 is 1.50 bits per heavy atom. The molecule has 1 aliphatic rings. The summed E-state index contributed by atoms with van der Waals surface area (Å²) in [5.41, 5.74) is 0. The van der Waals surface area contributed by atoms with Gasteiger partial charge >= 0.3 is 0 Å². The summed E-state index contributed by atoms with van der Waals surface area (Å²) in [4.78, 5) is 0. The molecular weight excluding hydrogens is 164 g/mol. The van der Waals surface area contributed by atoms with Gasteiger partial charge in [0.25, 0.3) is 0 Å². The van der Waals surface area contributed by atoms with Crippen molar-refractivity contribution in [1.82, 2.24) is 0 Å². The first-order valence-electron chi connectivity index (χ1n) is 3.84. The van der Waals surface area contributed by atoms with Gasteiger partial charge in [-0.15, -0.1) is 0 Å². The number of rotatable bonds is 2. The van der Waals surface area contributed by atoms with Crippen LogP contribution in [-0.4, -0.2) is 53.6 Å². The van der Waals surface area contributed by atoms with Gasteiger partial charge in [0.15, 0.2) is 6.29 Å². The molecule has 0 saturated carbocycles. The third-order valence-corrected chi connectivity index (χ3v) is 1.94. The molecule has 72 valence electrons. The second kappa shape index (κ2) is 4.15. The first kappa shape index (κ1) is 9.88. The Labute approximate surface area is 70.5 Å². The highest BCUT2D eigenvalue weighted by Gasteiger charge is 2.36. The van der Waals surface area contributed by atoms with Crippen molar-refractivity contribution in [2.24, 2.45) is 0 Å². The molecule has 0 bridgehead atoms. The first-order valence-corrected chi connectivity index (χ1v) is 3.84. The van der Waals surface area contributed by atoms with Crippen LogP contribution in [0.15, 0.2) is 0 Å². The van der Waals surface area contributed by atoms with Crippen LogP contribution in [0.1, 0.15) is 6.42 Å². The zero-order valence-corrected chi connectivity index (χ0v) is 6.88. The molecule has 12 heavy (non-hydrogen) atoms. The Morgan fingerprint density at radius 2 is 2.17 bits per heavy atom. The number of ether oxygens (including phenoxy) is 2. The minimum absolute atomic E-state index is 0.177. The van der Waals surface area contributed by atoms with Crippen molar-refractivity contribution in [3.05, 3.63) is 0 Å². The maximum absolute atomic E-state index is 9.27. The molecule has 1 saturated heterocycles. The highest BCUT2D eigenvalue weighted by Crippen LogP contribution is 2.20. The highest BCUT2D eigenvalue weighted by molar-refractivity contribution is 4.80. The highest BCUT2D eigenvalue weighted by atomic mass is 16.7. The van der Waals surface area contributed by atoms with E-state index in [0.29, 0.717) is 0 Å². The molecule has 3 N–H and O–H groups in total. The Balaban J connectivity index is 2.52. The summed E-state index contributed by atoms with van der Waals surface area (Å²) in [6, 6.07) is 0. The zero-order chi connectivity index (χ0) is 9.14. The van der Waals surface area contributed by atoms with Gasteiger partial charge in [0, 0.05) is 13.5 Å². The molecule has 0 aliphatic carbocycles. The number of methoxy groups -OCH3 is 1. The maximum Gasteiger partial charge on any atom is 0.186 e. The van der Waals surface area contributed by atoms with Crippen molar-refractivity contribution in [3.63, 3.8) is 0 Å². The monoisotopic (exact) mass is 178 g/mol. The quantitative estimate of drug-likeness (QED) is 0.477. The molecule has 0 aromatic heterocycles. The molecule has 0 aromatic rings. The molecular formula is C7H14O5. The van der Waals surface area contributed by atoms with Crippen molar-refractivity contribution in [2.45, 2.75) is 31.0 Å². The van der Waals surface area contributed by atoms with E-state index in [1.54, 1.807) is 0 Å². The van der Waals surface area contributed by atoms with E-state index in [2.05, 4.69) is 0 Å². The van der Waals surface area contributed by atoms with Crippen molar-refractivity contribution >= 4 is 0 Å². The molecule has 1 fully saturated rings. The van der Waals surface area contributed by atoms with Crippen molar-refractivity contribution < 1.29 is 24.8 Å². The predicted octanol–water partition coefficient (Wildman–Crippen LogP) is -1.54. The minimum atomic E-state index is -1.03. The van der Waals surface area contributed by atoms with Crippen LogP contribution in [0.5, 0.6) is 0 Å². The summed E-state index contributed by atoms with van der Waals surface area (Å²) >= 11 is 0. The average molecular weight is 178 g/mol. The van der Waals surface area contributed by atoms with Gasteiger partial charge < -0.3 is 24.8 Å². The van der Waals surface area contributed by atoms with Gasteiger partial charge in [-0.25, -0.2) is 0 Å². The smallest absolute Gasteiger partial charge is 0.186 e. The third kappa shape index (κ3) is 1.94. The van der Waals surface area contributed by atoms with Crippen molar-refractivity contribution in [2.75, 3.05) is 13.7 Å². The fourth-order valence-electron chi connectivity index (χ4n) is 1.23. The van der Waals surface area contributed by atoms with Crippen LogP contribution in [-0.2, 0) is 9.47 Å². The molecule has 4 atom stereocenters. The molecule has 1 aliphatic heterocycles. The van der Waals surface area contributed by atoms with E-state index in [1.807, 2.05) is 0 Å². The molecule has 0 unspecified atom stereocenters. The van der Waals surface area contributed by atoms with Crippen LogP contribution in [0.3, 0.4) is 0 Å². The molecule has 5 heteroatoms. The van der Waals surface area contributed by atoms with Crippen LogP contribution < -0.4 is 0 Å². The van der Waals surface area contributed by atoms with Gasteiger partial charge in [0.1, 0.15) is 6.10 Å². The molecule has 5 nitrogen and oxygen atoms in total. The van der Waals surface area contributed by atoms with Crippen LogP contribution in [0.2, 0.25) is 0 Å². The first-order chi connectivity index (χ1) is 5.69. The summed E-state index contributed by atoms with van der Waals surface area (Å²) in [5.74, 6) is 0. The van der Waals surface area contributed by atoms with E-state index in [-0.39, 0.29) is 13.0 Å². The summed E-state index contributed by atoms with van der Waals surface area (Å²) in [5, 5.41) is 27.3. The summed E-state index contributed by atoms with van der Waals surface area (Å²) < 4.78 is 9.85. The fraction of sp³-hybridized carbons (Fsp3) is 1.00. The van der Waals surface area contributed by atoms with Crippen LogP contribution in [0, 0.1) is 0 Å². The van der Waals surface area contributed by atoms with Gasteiger partial charge in [0.2, 0.25) is 0 Å². The van der Waals surface area contributed by atoms with E-state index in [1.165, 1.54) is 7.11 Å². The maximum atomic E-state index is 9.27. The Kier molecular flexibility index (Phi) is 3.42. The predicted molar refractivity (Wildman–Crippen MR) is 39.4 cm³/mol. The third-order valence-electron chi connectivity index (χ3n) is 1.94. The van der Waals surface area contributed by atoms with E-state index in [4.69, 9.17) is 14.6 Å². The second-order valence-corrected chi connectivity index (χ2v) is 2.84. The van der Waals surface area contributed by atoms with E-state index < -0.39 is 24.6 Å². The lowest BCUT2D eigenvalue weighted by Gasteiger charge is -2.35. The molecule has 0 spiro atoms. The van der Waals surface area contributed by atoms with Crippen LogP contribution >= 0.6 is 0 Å². The Morgan fingerprint density at radius 3 is 2.67 bits per heavy atom. The van der Waals surface area contributed by atoms with E-state index in [9.17, 15) is 10.2 Å². The van der Waals surface area contributed by atoms with Gasteiger partial charge in [-0.2, -0.15) is 0 Å². The zero-order valence-electron chi connectivity index (χ0n) is 6.88. The molecule has 1 heterocycles. The van der Waals surface area contributed by atoms with Gasteiger partial charge in [-0.05, 0) is 0 Å². The topological polar surface area (TPSA) is 79.2 Å².